The summed E-state index contributed by atoms with van der Waals surface area (Å²) in [6, 6.07) is 5.64. The van der Waals surface area contributed by atoms with Crippen LogP contribution in [0.1, 0.15) is 22.8 Å². The highest BCUT2D eigenvalue weighted by molar-refractivity contribution is 5.94. The number of ether oxygens (including phenoxy) is 1. The van der Waals surface area contributed by atoms with Crippen molar-refractivity contribution in [3.63, 3.8) is 0 Å². The van der Waals surface area contributed by atoms with Gasteiger partial charge in [-0.2, -0.15) is 0 Å². The number of hydrogen-bond acceptors (Lipinski definition) is 3. The zero-order valence-electron chi connectivity index (χ0n) is 11.4. The summed E-state index contributed by atoms with van der Waals surface area (Å²) in [5, 5.41) is 3.00. The van der Waals surface area contributed by atoms with E-state index in [1.165, 1.54) is 0 Å². The monoisotopic (exact) mass is 271 g/mol. The average Bonchev–Trinajstić information content (AvgIpc) is 3.07. The number of amides is 1. The standard InChI is InChI=1S/C15H17N3O2/c1-11(9-18-6-5-16-10-18)17-15(19)13-2-3-14-12(8-13)4-7-20-14/h2-3,5-6,8,10-11H,4,7,9H2,1H3,(H,17,19). The third kappa shape index (κ3) is 2.66. The first-order valence-corrected chi connectivity index (χ1v) is 6.75. The second-order valence-corrected chi connectivity index (χ2v) is 5.05. The van der Waals surface area contributed by atoms with E-state index in [4.69, 9.17) is 4.74 Å². The van der Waals surface area contributed by atoms with Crippen LogP contribution in [-0.4, -0.2) is 28.1 Å². The van der Waals surface area contributed by atoms with E-state index in [0.717, 1.165) is 17.7 Å². The first kappa shape index (κ1) is 12.7. The van der Waals surface area contributed by atoms with Gasteiger partial charge in [-0.3, -0.25) is 4.79 Å². The van der Waals surface area contributed by atoms with E-state index in [-0.39, 0.29) is 11.9 Å². The molecule has 5 heteroatoms. The molecule has 0 spiro atoms. The molecule has 1 amide bonds. The van der Waals surface area contributed by atoms with E-state index in [9.17, 15) is 4.79 Å². The van der Waals surface area contributed by atoms with Crippen LogP contribution in [0.5, 0.6) is 5.75 Å². The largest absolute Gasteiger partial charge is 0.493 e. The highest BCUT2D eigenvalue weighted by Gasteiger charge is 2.16. The van der Waals surface area contributed by atoms with Crippen molar-refractivity contribution in [2.45, 2.75) is 25.9 Å². The number of rotatable bonds is 4. The number of imidazole rings is 1. The number of fused-ring (bicyclic) bond motifs is 1. The van der Waals surface area contributed by atoms with E-state index in [2.05, 4.69) is 10.3 Å². The van der Waals surface area contributed by atoms with Crippen molar-refractivity contribution in [1.29, 1.82) is 0 Å². The third-order valence-electron chi connectivity index (χ3n) is 3.37. The fourth-order valence-corrected chi connectivity index (χ4v) is 2.39. The van der Waals surface area contributed by atoms with Crippen molar-refractivity contribution >= 4 is 5.91 Å². The van der Waals surface area contributed by atoms with Crippen molar-refractivity contribution < 1.29 is 9.53 Å². The lowest BCUT2D eigenvalue weighted by Crippen LogP contribution is -2.35. The number of carbonyl (C=O) groups excluding carboxylic acids is 1. The molecule has 1 aliphatic heterocycles. The Labute approximate surface area is 117 Å². The summed E-state index contributed by atoms with van der Waals surface area (Å²) in [7, 11) is 0. The van der Waals surface area contributed by atoms with Crippen LogP contribution in [0.3, 0.4) is 0 Å². The van der Waals surface area contributed by atoms with Gasteiger partial charge >= 0.3 is 0 Å². The van der Waals surface area contributed by atoms with Crippen LogP contribution >= 0.6 is 0 Å². The Morgan fingerprint density at radius 1 is 1.55 bits per heavy atom. The SMILES string of the molecule is CC(Cn1ccnc1)NC(=O)c1ccc2c(c1)CCO2. The molecule has 1 atom stereocenters. The van der Waals surface area contributed by atoms with Crippen molar-refractivity contribution in [3.8, 4) is 5.75 Å². The molecule has 20 heavy (non-hydrogen) atoms. The summed E-state index contributed by atoms with van der Waals surface area (Å²) in [5.41, 5.74) is 1.80. The Balaban J connectivity index is 1.64. The van der Waals surface area contributed by atoms with Crippen LogP contribution in [0.25, 0.3) is 0 Å². The van der Waals surface area contributed by atoms with Crippen molar-refractivity contribution in [1.82, 2.24) is 14.9 Å². The fraction of sp³-hybridized carbons (Fsp3) is 0.333. The topological polar surface area (TPSA) is 56.2 Å². The quantitative estimate of drug-likeness (QED) is 0.919. The van der Waals surface area contributed by atoms with Gasteiger partial charge in [0.2, 0.25) is 0 Å². The molecule has 1 N–H and O–H groups in total. The van der Waals surface area contributed by atoms with E-state index in [1.807, 2.05) is 35.9 Å². The Bertz CT molecular complexity index is 608. The molecule has 5 nitrogen and oxygen atoms in total. The molecular formula is C15H17N3O2. The first-order valence-electron chi connectivity index (χ1n) is 6.75. The van der Waals surface area contributed by atoms with E-state index in [1.54, 1.807) is 12.5 Å². The molecule has 1 unspecified atom stereocenters. The second kappa shape index (κ2) is 5.36. The molecule has 1 aromatic heterocycles. The summed E-state index contributed by atoms with van der Waals surface area (Å²) in [6.07, 6.45) is 6.24. The van der Waals surface area contributed by atoms with Crippen molar-refractivity contribution in [2.24, 2.45) is 0 Å². The fourth-order valence-electron chi connectivity index (χ4n) is 2.39. The lowest BCUT2D eigenvalue weighted by atomic mass is 10.1. The summed E-state index contributed by atoms with van der Waals surface area (Å²) >= 11 is 0. The number of benzene rings is 1. The predicted molar refractivity (Wildman–Crippen MR) is 74.8 cm³/mol. The Morgan fingerprint density at radius 3 is 3.25 bits per heavy atom. The molecule has 0 radical (unpaired) electrons. The molecule has 3 rings (SSSR count). The molecule has 0 bridgehead atoms. The van der Waals surface area contributed by atoms with Gasteiger partial charge in [0.1, 0.15) is 5.75 Å². The molecular weight excluding hydrogens is 254 g/mol. The molecule has 2 heterocycles. The van der Waals surface area contributed by atoms with E-state index < -0.39 is 0 Å². The highest BCUT2D eigenvalue weighted by Crippen LogP contribution is 2.25. The number of nitrogens with zero attached hydrogens (tertiary/aromatic N) is 2. The predicted octanol–water partition coefficient (Wildman–Crippen LogP) is 1.64. The Hall–Kier alpha value is -2.30. The molecule has 1 aliphatic rings. The number of carbonyl (C=O) groups is 1. The average molecular weight is 271 g/mol. The molecule has 0 aliphatic carbocycles. The van der Waals surface area contributed by atoms with Gasteiger partial charge in [0.15, 0.2) is 0 Å². The summed E-state index contributed by atoms with van der Waals surface area (Å²) < 4.78 is 7.39. The number of hydrogen-bond donors (Lipinski definition) is 1. The van der Waals surface area contributed by atoms with Gasteiger partial charge in [-0.25, -0.2) is 4.98 Å². The summed E-state index contributed by atoms with van der Waals surface area (Å²) in [6.45, 7) is 3.39. The van der Waals surface area contributed by atoms with Crippen LogP contribution in [0.2, 0.25) is 0 Å². The van der Waals surface area contributed by atoms with Crippen LogP contribution in [0.4, 0.5) is 0 Å². The lowest BCUT2D eigenvalue weighted by molar-refractivity contribution is 0.0936. The molecule has 2 aromatic rings. The minimum Gasteiger partial charge on any atom is -0.493 e. The first-order chi connectivity index (χ1) is 9.72. The second-order valence-electron chi connectivity index (χ2n) is 5.05. The van der Waals surface area contributed by atoms with Crippen molar-refractivity contribution in [2.75, 3.05) is 6.61 Å². The zero-order valence-corrected chi connectivity index (χ0v) is 11.4. The normalized spacial score (nSPS) is 14.4. The van der Waals surface area contributed by atoms with Crippen LogP contribution in [0.15, 0.2) is 36.9 Å². The summed E-state index contributed by atoms with van der Waals surface area (Å²) in [4.78, 5) is 16.2. The summed E-state index contributed by atoms with van der Waals surface area (Å²) in [5.74, 6) is 0.848. The zero-order chi connectivity index (χ0) is 13.9. The van der Waals surface area contributed by atoms with Crippen molar-refractivity contribution in [3.05, 3.63) is 48.0 Å². The minimum absolute atomic E-state index is 0.0428. The maximum Gasteiger partial charge on any atom is 0.251 e. The van der Waals surface area contributed by atoms with Gasteiger partial charge in [-0.15, -0.1) is 0 Å². The van der Waals surface area contributed by atoms with Crippen LogP contribution in [0, 0.1) is 0 Å². The molecule has 1 aromatic carbocycles. The molecule has 104 valence electrons. The highest BCUT2D eigenvalue weighted by atomic mass is 16.5. The number of nitrogens with one attached hydrogen (secondary N) is 1. The Kier molecular flexibility index (Phi) is 3.41. The van der Waals surface area contributed by atoms with Gasteiger partial charge in [0.05, 0.1) is 12.9 Å². The Morgan fingerprint density at radius 2 is 2.45 bits per heavy atom. The van der Waals surface area contributed by atoms with Crippen LogP contribution < -0.4 is 10.1 Å². The van der Waals surface area contributed by atoms with Gasteiger partial charge < -0.3 is 14.6 Å². The lowest BCUT2D eigenvalue weighted by Gasteiger charge is -2.14. The molecule has 0 saturated heterocycles. The number of aromatic nitrogens is 2. The van der Waals surface area contributed by atoms with Gasteiger partial charge in [-0.1, -0.05) is 0 Å². The van der Waals surface area contributed by atoms with Crippen LogP contribution in [-0.2, 0) is 13.0 Å². The van der Waals surface area contributed by atoms with Gasteiger partial charge in [-0.05, 0) is 30.7 Å². The van der Waals surface area contributed by atoms with E-state index in [0.29, 0.717) is 18.7 Å². The van der Waals surface area contributed by atoms with E-state index >= 15 is 0 Å². The molecule has 0 saturated carbocycles. The minimum atomic E-state index is -0.0488. The third-order valence-corrected chi connectivity index (χ3v) is 3.37. The van der Waals surface area contributed by atoms with Gasteiger partial charge in [0, 0.05) is 37.0 Å². The maximum absolute atomic E-state index is 12.2. The van der Waals surface area contributed by atoms with Gasteiger partial charge in [0.25, 0.3) is 5.91 Å². The smallest absolute Gasteiger partial charge is 0.251 e. The molecule has 0 fully saturated rings. The maximum atomic E-state index is 12.2.